The second-order valence-corrected chi connectivity index (χ2v) is 9.35. The third-order valence-corrected chi connectivity index (χ3v) is 6.39. The molecule has 0 spiro atoms. The lowest BCUT2D eigenvalue weighted by Gasteiger charge is -2.42. The lowest BCUT2D eigenvalue weighted by atomic mass is 9.80. The van der Waals surface area contributed by atoms with Crippen LogP contribution < -0.4 is 5.32 Å². The first-order valence-corrected chi connectivity index (χ1v) is 8.62. The Morgan fingerprint density at radius 3 is 2.33 bits per heavy atom. The van der Waals surface area contributed by atoms with E-state index in [1.165, 1.54) is 12.8 Å². The highest BCUT2D eigenvalue weighted by molar-refractivity contribution is 7.87. The zero-order chi connectivity index (χ0) is 13.9. The summed E-state index contributed by atoms with van der Waals surface area (Å²) in [5.74, 6) is 1.31. The smallest absolute Gasteiger partial charge is 0.0532 e. The van der Waals surface area contributed by atoms with Crippen molar-refractivity contribution in [2.75, 3.05) is 6.54 Å². The van der Waals surface area contributed by atoms with Crippen LogP contribution in [0.1, 0.15) is 60.8 Å². The largest absolute Gasteiger partial charge is 0.313 e. The van der Waals surface area contributed by atoms with Gasteiger partial charge < -0.3 is 5.32 Å². The lowest BCUT2D eigenvalue weighted by Crippen LogP contribution is -2.53. The third-order valence-electron chi connectivity index (χ3n) is 3.90. The van der Waals surface area contributed by atoms with E-state index >= 15 is 0 Å². The Hall–Kier alpha value is 0.110. The number of rotatable bonds is 4. The molecule has 0 aromatic heterocycles. The summed E-state index contributed by atoms with van der Waals surface area (Å²) >= 11 is 0. The summed E-state index contributed by atoms with van der Waals surface area (Å²) in [7, 11) is -0.765. The van der Waals surface area contributed by atoms with E-state index in [-0.39, 0.29) is 4.75 Å². The van der Waals surface area contributed by atoms with Crippen LogP contribution in [0.3, 0.4) is 0 Å². The fourth-order valence-corrected chi connectivity index (χ4v) is 4.98. The van der Waals surface area contributed by atoms with Crippen molar-refractivity contribution in [2.45, 2.75) is 76.8 Å². The van der Waals surface area contributed by atoms with E-state index in [1.807, 2.05) is 0 Å². The molecule has 1 aliphatic carbocycles. The minimum absolute atomic E-state index is 0.106. The van der Waals surface area contributed by atoms with E-state index in [0.717, 1.165) is 18.9 Å². The minimum Gasteiger partial charge on any atom is -0.313 e. The summed E-state index contributed by atoms with van der Waals surface area (Å²) < 4.78 is 12.7. The Bertz CT molecular complexity index is 285. The van der Waals surface area contributed by atoms with Crippen molar-refractivity contribution in [3.05, 3.63) is 0 Å². The van der Waals surface area contributed by atoms with Crippen LogP contribution >= 0.6 is 0 Å². The van der Waals surface area contributed by atoms with Crippen LogP contribution in [0.4, 0.5) is 0 Å². The van der Waals surface area contributed by atoms with Gasteiger partial charge in [0.15, 0.2) is 0 Å². The van der Waals surface area contributed by atoms with Crippen LogP contribution in [0, 0.1) is 11.8 Å². The number of hydrogen-bond donors (Lipinski definition) is 1. The van der Waals surface area contributed by atoms with Gasteiger partial charge in [-0.1, -0.05) is 20.8 Å². The van der Waals surface area contributed by atoms with Crippen LogP contribution in [0.2, 0.25) is 0 Å². The summed E-state index contributed by atoms with van der Waals surface area (Å²) in [6.07, 6.45) is 3.54. The quantitative estimate of drug-likeness (QED) is 0.851. The molecule has 1 fully saturated rings. The lowest BCUT2D eigenvalue weighted by molar-refractivity contribution is 0.244. The van der Waals surface area contributed by atoms with E-state index < -0.39 is 10.8 Å². The zero-order valence-corrected chi connectivity index (χ0v) is 13.8. The van der Waals surface area contributed by atoms with Gasteiger partial charge in [-0.25, -0.2) is 0 Å². The molecule has 0 radical (unpaired) electrons. The van der Waals surface area contributed by atoms with Gasteiger partial charge in [-0.05, 0) is 58.4 Å². The van der Waals surface area contributed by atoms with E-state index in [1.54, 1.807) is 0 Å². The van der Waals surface area contributed by atoms with Crippen molar-refractivity contribution in [1.82, 2.24) is 5.32 Å². The molecular formula is C15H31NOS. The third kappa shape index (κ3) is 4.06. The Morgan fingerprint density at radius 2 is 1.83 bits per heavy atom. The van der Waals surface area contributed by atoms with Gasteiger partial charge >= 0.3 is 0 Å². The second kappa shape index (κ2) is 6.51. The first kappa shape index (κ1) is 16.2. The predicted octanol–water partition coefficient (Wildman–Crippen LogP) is 3.34. The molecule has 0 aliphatic heterocycles. The molecule has 108 valence electrons. The van der Waals surface area contributed by atoms with Crippen molar-refractivity contribution in [3.63, 3.8) is 0 Å². The first-order chi connectivity index (χ1) is 8.27. The minimum atomic E-state index is -0.765. The van der Waals surface area contributed by atoms with Crippen LogP contribution in [-0.4, -0.2) is 26.8 Å². The summed E-state index contributed by atoms with van der Waals surface area (Å²) in [5, 5.41) is 3.95. The van der Waals surface area contributed by atoms with Gasteiger partial charge in [0, 0.05) is 21.6 Å². The van der Waals surface area contributed by atoms with Gasteiger partial charge in [0.05, 0.1) is 5.25 Å². The zero-order valence-electron chi connectivity index (χ0n) is 13.0. The summed E-state index contributed by atoms with van der Waals surface area (Å²) in [5.41, 5.74) is 0. The monoisotopic (exact) mass is 273 g/mol. The summed E-state index contributed by atoms with van der Waals surface area (Å²) in [6, 6.07) is 0.434. The average Bonchev–Trinajstić information content (AvgIpc) is 2.23. The topological polar surface area (TPSA) is 29.1 Å². The average molecular weight is 273 g/mol. The number of hydrogen-bond acceptors (Lipinski definition) is 2. The molecule has 2 nitrogen and oxygen atoms in total. The summed E-state index contributed by atoms with van der Waals surface area (Å²) in [4.78, 5) is 0. The molecule has 1 rings (SSSR count). The van der Waals surface area contributed by atoms with Gasteiger partial charge in [0.1, 0.15) is 0 Å². The fraction of sp³-hybridized carbons (Fsp3) is 1.00. The van der Waals surface area contributed by atoms with Gasteiger partial charge in [-0.15, -0.1) is 0 Å². The van der Waals surface area contributed by atoms with Gasteiger partial charge in [-0.2, -0.15) is 0 Å². The molecule has 0 amide bonds. The molecule has 0 aromatic carbocycles. The van der Waals surface area contributed by atoms with Gasteiger partial charge in [0.25, 0.3) is 0 Å². The van der Waals surface area contributed by atoms with E-state index in [2.05, 4.69) is 46.9 Å². The molecule has 0 saturated heterocycles. The predicted molar refractivity (Wildman–Crippen MR) is 81.3 cm³/mol. The molecule has 0 heterocycles. The highest BCUT2D eigenvalue weighted by Crippen LogP contribution is 2.35. The second-order valence-electron chi connectivity index (χ2n) is 6.99. The standard InChI is InChI=1S/C15H31NOS/c1-7-8-16-13-10-11(2)9-12(3)14(13)18(17)15(4,5)6/h11-14,16H,7-10H2,1-6H3. The van der Waals surface area contributed by atoms with Crippen molar-refractivity contribution >= 4 is 10.8 Å². The SMILES string of the molecule is CCCNC1CC(C)CC(C)C1S(=O)C(C)(C)C. The molecule has 1 N–H and O–H groups in total. The van der Waals surface area contributed by atoms with Crippen molar-refractivity contribution in [3.8, 4) is 0 Å². The van der Waals surface area contributed by atoms with E-state index in [9.17, 15) is 4.21 Å². The molecule has 5 unspecified atom stereocenters. The normalized spacial score (nSPS) is 35.4. The molecule has 18 heavy (non-hydrogen) atoms. The highest BCUT2D eigenvalue weighted by atomic mass is 32.2. The van der Waals surface area contributed by atoms with Crippen LogP contribution in [0.5, 0.6) is 0 Å². The van der Waals surface area contributed by atoms with Gasteiger partial charge in [-0.3, -0.25) is 4.21 Å². The molecule has 1 saturated carbocycles. The Balaban J connectivity index is 2.84. The van der Waals surface area contributed by atoms with Crippen molar-refractivity contribution in [2.24, 2.45) is 11.8 Å². The highest BCUT2D eigenvalue weighted by Gasteiger charge is 2.41. The summed E-state index contributed by atoms with van der Waals surface area (Å²) in [6.45, 7) is 14.2. The Morgan fingerprint density at radius 1 is 1.22 bits per heavy atom. The molecule has 3 heteroatoms. The number of nitrogens with one attached hydrogen (secondary N) is 1. The molecule has 5 atom stereocenters. The maximum Gasteiger partial charge on any atom is 0.0532 e. The van der Waals surface area contributed by atoms with E-state index in [4.69, 9.17) is 0 Å². The van der Waals surface area contributed by atoms with Crippen LogP contribution in [-0.2, 0) is 10.8 Å². The fourth-order valence-electron chi connectivity index (χ4n) is 3.13. The van der Waals surface area contributed by atoms with E-state index in [0.29, 0.717) is 17.2 Å². The molecule has 0 aromatic rings. The maximum atomic E-state index is 12.8. The Labute approximate surface area is 116 Å². The Kier molecular flexibility index (Phi) is 5.85. The molecule has 0 bridgehead atoms. The van der Waals surface area contributed by atoms with Crippen molar-refractivity contribution in [1.29, 1.82) is 0 Å². The van der Waals surface area contributed by atoms with Crippen LogP contribution in [0.25, 0.3) is 0 Å². The van der Waals surface area contributed by atoms with Gasteiger partial charge in [0.2, 0.25) is 0 Å². The molecular weight excluding hydrogens is 242 g/mol. The maximum absolute atomic E-state index is 12.8. The first-order valence-electron chi connectivity index (χ1n) is 7.41. The van der Waals surface area contributed by atoms with Crippen molar-refractivity contribution < 1.29 is 4.21 Å². The van der Waals surface area contributed by atoms with Crippen LogP contribution in [0.15, 0.2) is 0 Å². The molecule has 1 aliphatic rings.